The number of sulfonamides is 1. The van der Waals surface area contributed by atoms with E-state index in [1.54, 1.807) is 16.6 Å². The van der Waals surface area contributed by atoms with Crippen LogP contribution >= 0.6 is 11.6 Å². The van der Waals surface area contributed by atoms with Crippen LogP contribution in [-0.2, 0) is 22.4 Å². The summed E-state index contributed by atoms with van der Waals surface area (Å²) < 4.78 is 28.9. The van der Waals surface area contributed by atoms with Gasteiger partial charge in [-0.1, -0.05) is 13.8 Å². The average Bonchev–Trinajstić information content (AvgIpc) is 2.83. The maximum Gasteiger partial charge on any atom is 0.244 e. The quantitative estimate of drug-likeness (QED) is 0.783. The zero-order valence-corrected chi connectivity index (χ0v) is 13.8. The number of aryl methyl sites for hydroxylation is 1. The molecule has 0 radical (unpaired) electrons. The summed E-state index contributed by atoms with van der Waals surface area (Å²) in [5.74, 6) is 0.773. The fourth-order valence-electron chi connectivity index (χ4n) is 2.74. The lowest BCUT2D eigenvalue weighted by Crippen LogP contribution is -2.38. The molecule has 0 spiro atoms. The van der Waals surface area contributed by atoms with Crippen LogP contribution in [0.1, 0.15) is 38.8 Å². The molecule has 0 aliphatic carbocycles. The maximum absolute atomic E-state index is 12.7. The Kier molecular flexibility index (Phi) is 5.15. The van der Waals surface area contributed by atoms with Gasteiger partial charge in [-0.3, -0.25) is 0 Å². The molecule has 4 nitrogen and oxygen atoms in total. The monoisotopic (exact) mass is 318 g/mol. The SMILES string of the molecule is CCCn1cc(S(=O)(=O)N2CCCC(C)C2)cc1CCl. The van der Waals surface area contributed by atoms with Gasteiger partial charge in [-0.15, -0.1) is 11.6 Å². The Hall–Kier alpha value is -0.520. The molecule has 0 bridgehead atoms. The van der Waals surface area contributed by atoms with Gasteiger partial charge in [0, 0.05) is 31.5 Å². The van der Waals surface area contributed by atoms with Crippen LogP contribution in [0.5, 0.6) is 0 Å². The number of rotatable bonds is 5. The van der Waals surface area contributed by atoms with Crippen LogP contribution in [-0.4, -0.2) is 30.4 Å². The number of aromatic nitrogens is 1. The van der Waals surface area contributed by atoms with Gasteiger partial charge in [0.25, 0.3) is 0 Å². The third kappa shape index (κ3) is 3.21. The molecule has 0 aromatic carbocycles. The summed E-state index contributed by atoms with van der Waals surface area (Å²) in [6, 6.07) is 1.72. The zero-order chi connectivity index (χ0) is 14.8. The van der Waals surface area contributed by atoms with Gasteiger partial charge in [-0.25, -0.2) is 8.42 Å². The van der Waals surface area contributed by atoms with Crippen molar-refractivity contribution in [3.05, 3.63) is 18.0 Å². The largest absolute Gasteiger partial charge is 0.349 e. The number of alkyl halides is 1. The van der Waals surface area contributed by atoms with Crippen molar-refractivity contribution in [2.45, 2.75) is 50.4 Å². The number of nitrogens with zero attached hydrogens (tertiary/aromatic N) is 2. The summed E-state index contributed by atoms with van der Waals surface area (Å²) in [5.41, 5.74) is 0.872. The molecular formula is C14H23ClN2O2S. The molecule has 1 aromatic rings. The summed E-state index contributed by atoms with van der Waals surface area (Å²) in [7, 11) is -3.37. The molecule has 20 heavy (non-hydrogen) atoms. The number of piperidine rings is 1. The topological polar surface area (TPSA) is 42.3 Å². The van der Waals surface area contributed by atoms with Gasteiger partial charge in [-0.2, -0.15) is 4.31 Å². The minimum atomic E-state index is -3.37. The van der Waals surface area contributed by atoms with E-state index in [0.717, 1.165) is 31.5 Å². The molecule has 1 fully saturated rings. The first-order chi connectivity index (χ1) is 9.48. The fraction of sp³-hybridized carbons (Fsp3) is 0.714. The van der Waals surface area contributed by atoms with Crippen LogP contribution in [0.4, 0.5) is 0 Å². The first-order valence-electron chi connectivity index (χ1n) is 7.24. The highest BCUT2D eigenvalue weighted by molar-refractivity contribution is 7.89. The predicted molar refractivity (Wildman–Crippen MR) is 81.4 cm³/mol. The van der Waals surface area contributed by atoms with Crippen molar-refractivity contribution in [2.24, 2.45) is 5.92 Å². The van der Waals surface area contributed by atoms with Crippen molar-refractivity contribution in [3.8, 4) is 0 Å². The molecule has 1 unspecified atom stereocenters. The van der Waals surface area contributed by atoms with Crippen molar-refractivity contribution >= 4 is 21.6 Å². The standard InChI is InChI=1S/C14H23ClN2O2S/c1-3-6-16-11-14(8-13(16)9-15)20(18,19)17-7-4-5-12(2)10-17/h8,11-12H,3-7,9-10H2,1-2H3. The molecule has 0 N–H and O–H groups in total. The van der Waals surface area contributed by atoms with Crippen molar-refractivity contribution in [2.75, 3.05) is 13.1 Å². The van der Waals surface area contributed by atoms with E-state index in [4.69, 9.17) is 11.6 Å². The van der Waals surface area contributed by atoms with Crippen LogP contribution in [0.25, 0.3) is 0 Å². The van der Waals surface area contributed by atoms with E-state index in [1.807, 2.05) is 4.57 Å². The van der Waals surface area contributed by atoms with E-state index in [1.165, 1.54) is 0 Å². The Morgan fingerprint density at radius 3 is 2.80 bits per heavy atom. The molecule has 0 amide bonds. The minimum absolute atomic E-state index is 0.339. The highest BCUT2D eigenvalue weighted by Gasteiger charge is 2.29. The minimum Gasteiger partial charge on any atom is -0.349 e. The average molecular weight is 319 g/mol. The molecule has 2 rings (SSSR count). The van der Waals surface area contributed by atoms with Gasteiger partial charge in [0.1, 0.15) is 4.90 Å². The van der Waals surface area contributed by atoms with E-state index in [0.29, 0.717) is 29.8 Å². The molecule has 6 heteroatoms. The molecule has 1 saturated heterocycles. The van der Waals surface area contributed by atoms with E-state index in [2.05, 4.69) is 13.8 Å². The van der Waals surface area contributed by atoms with Crippen molar-refractivity contribution in [3.63, 3.8) is 0 Å². The molecular weight excluding hydrogens is 296 g/mol. The van der Waals surface area contributed by atoms with Crippen LogP contribution in [0.3, 0.4) is 0 Å². The number of hydrogen-bond acceptors (Lipinski definition) is 2. The van der Waals surface area contributed by atoms with Gasteiger partial charge < -0.3 is 4.57 Å². The van der Waals surface area contributed by atoms with Gasteiger partial charge in [0.05, 0.1) is 5.88 Å². The molecule has 1 aliphatic rings. The molecule has 1 aliphatic heterocycles. The van der Waals surface area contributed by atoms with Crippen LogP contribution in [0, 0.1) is 5.92 Å². The smallest absolute Gasteiger partial charge is 0.244 e. The second kappa shape index (κ2) is 6.50. The maximum atomic E-state index is 12.7. The van der Waals surface area contributed by atoms with Crippen LogP contribution in [0.2, 0.25) is 0 Å². The highest BCUT2D eigenvalue weighted by atomic mass is 35.5. The van der Waals surface area contributed by atoms with Crippen molar-refractivity contribution in [1.82, 2.24) is 8.87 Å². The van der Waals surface area contributed by atoms with E-state index in [-0.39, 0.29) is 0 Å². The molecule has 1 atom stereocenters. The summed E-state index contributed by atoms with van der Waals surface area (Å²) in [6.45, 7) is 6.22. The number of halogens is 1. The van der Waals surface area contributed by atoms with Gasteiger partial charge in [0.15, 0.2) is 0 Å². The normalized spacial score (nSPS) is 21.2. The first-order valence-corrected chi connectivity index (χ1v) is 9.21. The third-order valence-corrected chi connectivity index (χ3v) is 5.92. The Morgan fingerprint density at radius 2 is 2.20 bits per heavy atom. The zero-order valence-electron chi connectivity index (χ0n) is 12.2. The van der Waals surface area contributed by atoms with Gasteiger partial charge in [0.2, 0.25) is 10.0 Å². The Morgan fingerprint density at radius 1 is 1.45 bits per heavy atom. The summed E-state index contributed by atoms with van der Waals surface area (Å²) in [4.78, 5) is 0.385. The Balaban J connectivity index is 2.29. The lowest BCUT2D eigenvalue weighted by Gasteiger charge is -2.29. The second-order valence-electron chi connectivity index (χ2n) is 5.60. The Labute approximate surface area is 126 Å². The second-order valence-corrected chi connectivity index (χ2v) is 7.81. The molecule has 114 valence electrons. The molecule has 1 aromatic heterocycles. The molecule has 0 saturated carbocycles. The van der Waals surface area contributed by atoms with Crippen molar-refractivity contribution < 1.29 is 8.42 Å². The highest BCUT2D eigenvalue weighted by Crippen LogP contribution is 2.25. The third-order valence-electron chi connectivity index (χ3n) is 3.82. The fourth-order valence-corrected chi connectivity index (χ4v) is 4.63. The van der Waals surface area contributed by atoms with E-state index in [9.17, 15) is 8.42 Å². The summed E-state index contributed by atoms with van der Waals surface area (Å²) >= 11 is 5.91. The molecule has 2 heterocycles. The summed E-state index contributed by atoms with van der Waals surface area (Å²) in [6.07, 6.45) is 4.74. The lowest BCUT2D eigenvalue weighted by molar-refractivity contribution is 0.281. The van der Waals surface area contributed by atoms with Crippen LogP contribution in [0.15, 0.2) is 17.2 Å². The van der Waals surface area contributed by atoms with E-state index < -0.39 is 10.0 Å². The van der Waals surface area contributed by atoms with Gasteiger partial charge >= 0.3 is 0 Å². The lowest BCUT2D eigenvalue weighted by atomic mass is 10.0. The summed E-state index contributed by atoms with van der Waals surface area (Å²) in [5, 5.41) is 0. The predicted octanol–water partition coefficient (Wildman–Crippen LogP) is 3.06. The Bertz CT molecular complexity index is 554. The number of hydrogen-bond donors (Lipinski definition) is 0. The van der Waals surface area contributed by atoms with Crippen LogP contribution < -0.4 is 0 Å². The van der Waals surface area contributed by atoms with Crippen molar-refractivity contribution in [1.29, 1.82) is 0 Å². The van der Waals surface area contributed by atoms with E-state index >= 15 is 0 Å². The first kappa shape index (κ1) is 15.9. The van der Waals surface area contributed by atoms with Gasteiger partial charge in [-0.05, 0) is 31.2 Å².